The van der Waals surface area contributed by atoms with Crippen LogP contribution in [0.1, 0.15) is 28.5 Å². The fourth-order valence-corrected chi connectivity index (χ4v) is 3.43. The molecule has 3 aromatic rings. The summed E-state index contributed by atoms with van der Waals surface area (Å²) >= 11 is 0. The molecule has 0 spiro atoms. The first-order valence-corrected chi connectivity index (χ1v) is 9.25. The lowest BCUT2D eigenvalue weighted by molar-refractivity contribution is -0.0512. The van der Waals surface area contributed by atoms with E-state index >= 15 is 0 Å². The third kappa shape index (κ3) is 4.40. The molecule has 1 N–H and O–H groups in total. The van der Waals surface area contributed by atoms with Gasteiger partial charge in [0.1, 0.15) is 0 Å². The Hall–Kier alpha value is -2.93. The Kier molecular flexibility index (Phi) is 6.17. The number of H-pyrrole nitrogens is 1. The van der Waals surface area contributed by atoms with Gasteiger partial charge in [-0.05, 0) is 44.7 Å². The molecule has 1 heterocycles. The second-order valence-corrected chi connectivity index (χ2v) is 6.99. The highest BCUT2D eigenvalue weighted by atomic mass is 19.3. The SMILES string of the molecule is COc1cc(CN(C)[C@H](C)C(=O)c2c(C)[nH]c3ccccc23)ccc1OC(F)F. The zero-order chi connectivity index (χ0) is 21.1. The smallest absolute Gasteiger partial charge is 0.387 e. The summed E-state index contributed by atoms with van der Waals surface area (Å²) in [5.74, 6) is 0.224. The number of aromatic amines is 1. The van der Waals surface area contributed by atoms with Crippen molar-refractivity contribution in [1.82, 2.24) is 9.88 Å². The molecule has 3 rings (SSSR count). The molecule has 29 heavy (non-hydrogen) atoms. The maximum absolute atomic E-state index is 13.2. The number of likely N-dealkylation sites (N-methyl/N-ethyl adjacent to an activating group) is 1. The molecule has 0 amide bonds. The van der Waals surface area contributed by atoms with Crippen molar-refractivity contribution in [3.8, 4) is 11.5 Å². The number of aromatic nitrogens is 1. The summed E-state index contributed by atoms with van der Waals surface area (Å²) < 4.78 is 34.6. The molecule has 0 aliphatic carbocycles. The summed E-state index contributed by atoms with van der Waals surface area (Å²) in [6, 6.07) is 12.1. The Morgan fingerprint density at radius 1 is 1.17 bits per heavy atom. The zero-order valence-electron chi connectivity index (χ0n) is 16.8. The molecule has 0 saturated carbocycles. The number of ketones is 1. The van der Waals surface area contributed by atoms with Gasteiger partial charge < -0.3 is 14.5 Å². The summed E-state index contributed by atoms with van der Waals surface area (Å²) in [5, 5.41) is 0.908. The lowest BCUT2D eigenvalue weighted by Crippen LogP contribution is -2.35. The highest BCUT2D eigenvalue weighted by molar-refractivity contribution is 6.11. The number of carbonyl (C=O) groups excluding carboxylic acids is 1. The Bertz CT molecular complexity index is 1020. The Morgan fingerprint density at radius 3 is 2.59 bits per heavy atom. The van der Waals surface area contributed by atoms with Gasteiger partial charge in [-0.3, -0.25) is 9.69 Å². The topological polar surface area (TPSA) is 54.6 Å². The standard InChI is InChI=1S/C22H24F2N2O3/c1-13-20(16-7-5-6-8-17(16)25-13)21(27)14(2)26(3)12-15-9-10-18(29-22(23)24)19(11-15)28-4/h5-11,14,22,25H,12H2,1-4H3/t14-/m1/s1. The molecule has 1 aromatic heterocycles. The number of nitrogens with zero attached hydrogens (tertiary/aromatic N) is 1. The highest BCUT2D eigenvalue weighted by Crippen LogP contribution is 2.30. The van der Waals surface area contributed by atoms with Crippen LogP contribution in [0.3, 0.4) is 0 Å². The van der Waals surface area contributed by atoms with Crippen LogP contribution in [0.5, 0.6) is 11.5 Å². The van der Waals surface area contributed by atoms with Crippen molar-refractivity contribution >= 4 is 16.7 Å². The van der Waals surface area contributed by atoms with Gasteiger partial charge in [0.25, 0.3) is 0 Å². The second kappa shape index (κ2) is 8.61. The van der Waals surface area contributed by atoms with E-state index in [1.165, 1.54) is 13.2 Å². The number of hydrogen-bond donors (Lipinski definition) is 1. The van der Waals surface area contributed by atoms with E-state index in [1.807, 2.05) is 50.1 Å². The predicted octanol–water partition coefficient (Wildman–Crippen LogP) is 4.79. The van der Waals surface area contributed by atoms with E-state index in [2.05, 4.69) is 9.72 Å². The fourth-order valence-electron chi connectivity index (χ4n) is 3.43. The van der Waals surface area contributed by atoms with Gasteiger partial charge in [-0.2, -0.15) is 8.78 Å². The van der Waals surface area contributed by atoms with Crippen LogP contribution >= 0.6 is 0 Å². The molecular weight excluding hydrogens is 378 g/mol. The van der Waals surface area contributed by atoms with Crippen LogP contribution in [-0.2, 0) is 6.54 Å². The van der Waals surface area contributed by atoms with E-state index in [-0.39, 0.29) is 23.3 Å². The normalized spacial score (nSPS) is 12.6. The average Bonchev–Trinajstić information content (AvgIpc) is 3.03. The molecule has 7 heteroatoms. The third-order valence-corrected chi connectivity index (χ3v) is 5.06. The number of halogens is 2. The number of aryl methyl sites for hydroxylation is 1. The van der Waals surface area contributed by atoms with Gasteiger partial charge in [-0.15, -0.1) is 0 Å². The maximum Gasteiger partial charge on any atom is 0.387 e. The van der Waals surface area contributed by atoms with Crippen LogP contribution in [0, 0.1) is 6.92 Å². The van der Waals surface area contributed by atoms with E-state index in [9.17, 15) is 13.6 Å². The summed E-state index contributed by atoms with van der Waals surface area (Å²) in [6.07, 6.45) is 0. The molecule has 0 saturated heterocycles. The van der Waals surface area contributed by atoms with Crippen molar-refractivity contribution < 1.29 is 23.0 Å². The van der Waals surface area contributed by atoms with Crippen LogP contribution in [0.4, 0.5) is 8.78 Å². The molecule has 5 nitrogen and oxygen atoms in total. The molecule has 0 fully saturated rings. The quantitative estimate of drug-likeness (QED) is 0.551. The minimum atomic E-state index is -2.92. The zero-order valence-corrected chi connectivity index (χ0v) is 16.8. The molecule has 0 aliphatic rings. The molecule has 0 bridgehead atoms. The Morgan fingerprint density at radius 2 is 1.90 bits per heavy atom. The molecule has 2 aromatic carbocycles. The van der Waals surface area contributed by atoms with Gasteiger partial charge in [0.2, 0.25) is 0 Å². The van der Waals surface area contributed by atoms with E-state index < -0.39 is 6.61 Å². The van der Waals surface area contributed by atoms with Crippen molar-refractivity contribution in [3.05, 3.63) is 59.3 Å². The largest absolute Gasteiger partial charge is 0.493 e. The lowest BCUT2D eigenvalue weighted by Gasteiger charge is -2.24. The fraction of sp³-hybridized carbons (Fsp3) is 0.318. The minimum absolute atomic E-state index is 0.0204. The summed E-state index contributed by atoms with van der Waals surface area (Å²) in [4.78, 5) is 18.3. The number of para-hydroxylation sites is 1. The average molecular weight is 402 g/mol. The number of Topliss-reactive ketones (excluding diaryl/α,β-unsaturated/α-hetero) is 1. The number of ether oxygens (including phenoxy) is 2. The number of rotatable bonds is 8. The van der Waals surface area contributed by atoms with E-state index in [0.29, 0.717) is 12.1 Å². The summed E-state index contributed by atoms with van der Waals surface area (Å²) in [5.41, 5.74) is 3.29. The van der Waals surface area contributed by atoms with Gasteiger partial charge in [0, 0.05) is 28.7 Å². The number of hydrogen-bond acceptors (Lipinski definition) is 4. The van der Waals surface area contributed by atoms with E-state index in [1.54, 1.807) is 12.1 Å². The lowest BCUT2D eigenvalue weighted by atomic mass is 10.0. The number of methoxy groups -OCH3 is 1. The minimum Gasteiger partial charge on any atom is -0.493 e. The van der Waals surface area contributed by atoms with Gasteiger partial charge in [-0.1, -0.05) is 24.3 Å². The first-order chi connectivity index (χ1) is 13.8. The van der Waals surface area contributed by atoms with E-state index in [0.717, 1.165) is 22.2 Å². The van der Waals surface area contributed by atoms with Gasteiger partial charge >= 0.3 is 6.61 Å². The van der Waals surface area contributed by atoms with Crippen LogP contribution < -0.4 is 9.47 Å². The third-order valence-electron chi connectivity index (χ3n) is 5.06. The number of alkyl halides is 2. The summed E-state index contributed by atoms with van der Waals surface area (Å²) in [6.45, 7) is 1.27. The van der Waals surface area contributed by atoms with Gasteiger partial charge in [-0.25, -0.2) is 0 Å². The van der Waals surface area contributed by atoms with Crippen LogP contribution in [0.2, 0.25) is 0 Å². The Labute approximate surface area is 168 Å². The van der Waals surface area contributed by atoms with Crippen molar-refractivity contribution in [2.75, 3.05) is 14.2 Å². The number of nitrogens with one attached hydrogen (secondary N) is 1. The van der Waals surface area contributed by atoms with Crippen molar-refractivity contribution in [2.45, 2.75) is 33.0 Å². The van der Waals surface area contributed by atoms with E-state index in [4.69, 9.17) is 4.74 Å². The maximum atomic E-state index is 13.2. The second-order valence-electron chi connectivity index (χ2n) is 6.99. The number of benzene rings is 2. The van der Waals surface area contributed by atoms with Gasteiger partial charge in [0.05, 0.1) is 13.2 Å². The van der Waals surface area contributed by atoms with Crippen molar-refractivity contribution in [3.63, 3.8) is 0 Å². The highest BCUT2D eigenvalue weighted by Gasteiger charge is 2.24. The molecule has 0 unspecified atom stereocenters. The molecule has 1 atom stereocenters. The summed E-state index contributed by atoms with van der Waals surface area (Å²) in [7, 11) is 3.25. The number of carbonyl (C=O) groups is 1. The van der Waals surface area contributed by atoms with Crippen molar-refractivity contribution in [2.24, 2.45) is 0 Å². The van der Waals surface area contributed by atoms with Gasteiger partial charge in [0.15, 0.2) is 17.3 Å². The van der Waals surface area contributed by atoms with Crippen LogP contribution in [0.15, 0.2) is 42.5 Å². The predicted molar refractivity (Wildman–Crippen MR) is 108 cm³/mol. The molecular formula is C22H24F2N2O3. The molecule has 154 valence electrons. The molecule has 0 aliphatic heterocycles. The Balaban J connectivity index is 1.79. The van der Waals surface area contributed by atoms with Crippen LogP contribution in [0.25, 0.3) is 10.9 Å². The van der Waals surface area contributed by atoms with Crippen molar-refractivity contribution in [1.29, 1.82) is 0 Å². The first kappa shape index (κ1) is 20.8. The van der Waals surface area contributed by atoms with Crippen LogP contribution in [-0.4, -0.2) is 42.5 Å². The monoisotopic (exact) mass is 402 g/mol. The molecule has 0 radical (unpaired) electrons. The number of fused-ring (bicyclic) bond motifs is 1. The first-order valence-electron chi connectivity index (χ1n) is 9.25.